The summed E-state index contributed by atoms with van der Waals surface area (Å²) in [5, 5.41) is 2.81. The molecule has 0 bridgehead atoms. The monoisotopic (exact) mass is 496 g/mol. The normalized spacial score (nSPS) is 13.7. The summed E-state index contributed by atoms with van der Waals surface area (Å²) in [6, 6.07) is 18.1. The van der Waals surface area contributed by atoms with Crippen molar-refractivity contribution in [3.05, 3.63) is 95.1 Å². The van der Waals surface area contributed by atoms with Gasteiger partial charge in [-0.1, -0.05) is 30.3 Å². The lowest BCUT2D eigenvalue weighted by molar-refractivity contribution is -0.123. The molecule has 0 atom stereocenters. The van der Waals surface area contributed by atoms with Gasteiger partial charge < -0.3 is 13.9 Å². The number of hydrogen-bond acceptors (Lipinski definition) is 7. The predicted octanol–water partition coefficient (Wildman–Crippen LogP) is 4.83. The Hall–Kier alpha value is -4.72. The number of carbonyl (C=O) groups excluding carboxylic acids is 3. The highest BCUT2D eigenvalue weighted by atomic mass is 16.5. The first-order valence-electron chi connectivity index (χ1n) is 11.8. The lowest BCUT2D eigenvalue weighted by Crippen LogP contribution is -2.34. The van der Waals surface area contributed by atoms with E-state index in [4.69, 9.17) is 18.9 Å². The van der Waals surface area contributed by atoms with Crippen LogP contribution in [0.5, 0.6) is 5.75 Å². The number of para-hydroxylation sites is 1. The van der Waals surface area contributed by atoms with Gasteiger partial charge in [-0.25, -0.2) is 9.78 Å². The standard InChI is InChI=1S/C29H24N2O6/c1-35-20-13-11-18(12-14-20)16-19-6-4-8-22-26(21-7-2-3-9-23(21)30-27(19)22)29(34)37-17-25(32)31-28(33)24-10-5-15-36-24/h2-3,5,7,9-16H,4,6,8,17H2,1H3,(H,31,32,33)/b19-16+. The van der Waals surface area contributed by atoms with Gasteiger partial charge in [0.15, 0.2) is 12.4 Å². The molecule has 2 aromatic carbocycles. The Balaban J connectivity index is 1.44. The predicted molar refractivity (Wildman–Crippen MR) is 137 cm³/mol. The number of rotatable bonds is 6. The Kier molecular flexibility index (Phi) is 6.81. The number of pyridine rings is 1. The van der Waals surface area contributed by atoms with Gasteiger partial charge >= 0.3 is 5.97 Å². The van der Waals surface area contributed by atoms with Crippen molar-refractivity contribution in [1.82, 2.24) is 10.3 Å². The van der Waals surface area contributed by atoms with Gasteiger partial charge in [-0.3, -0.25) is 14.9 Å². The average molecular weight is 497 g/mol. The van der Waals surface area contributed by atoms with Crippen LogP contribution in [0.4, 0.5) is 0 Å². The van der Waals surface area contributed by atoms with Crippen LogP contribution in [0.15, 0.2) is 71.3 Å². The number of carbonyl (C=O) groups is 3. The second-order valence-corrected chi connectivity index (χ2v) is 8.56. The van der Waals surface area contributed by atoms with Crippen molar-refractivity contribution in [2.24, 2.45) is 0 Å². The van der Waals surface area contributed by atoms with Crippen molar-refractivity contribution >= 4 is 40.3 Å². The van der Waals surface area contributed by atoms with Crippen LogP contribution in [0.25, 0.3) is 22.6 Å². The molecule has 4 aromatic rings. The zero-order valence-electron chi connectivity index (χ0n) is 20.2. The van der Waals surface area contributed by atoms with Gasteiger partial charge in [-0.15, -0.1) is 0 Å². The Morgan fingerprint density at radius 2 is 1.84 bits per heavy atom. The van der Waals surface area contributed by atoms with Gasteiger partial charge in [0.2, 0.25) is 0 Å². The number of allylic oxidation sites excluding steroid dienone is 1. The number of furan rings is 1. The number of nitrogens with zero attached hydrogens (tertiary/aromatic N) is 1. The Morgan fingerprint density at radius 3 is 2.59 bits per heavy atom. The number of esters is 1. The minimum Gasteiger partial charge on any atom is -0.497 e. The van der Waals surface area contributed by atoms with Gasteiger partial charge in [0, 0.05) is 5.39 Å². The number of ether oxygens (including phenoxy) is 2. The van der Waals surface area contributed by atoms with Crippen molar-refractivity contribution in [2.75, 3.05) is 13.7 Å². The van der Waals surface area contributed by atoms with Crippen LogP contribution in [0.3, 0.4) is 0 Å². The van der Waals surface area contributed by atoms with Gasteiger partial charge in [0.05, 0.1) is 30.1 Å². The Morgan fingerprint density at radius 1 is 1.03 bits per heavy atom. The van der Waals surface area contributed by atoms with Crippen LogP contribution in [0.1, 0.15) is 50.6 Å². The van der Waals surface area contributed by atoms with E-state index in [2.05, 4.69) is 11.4 Å². The molecule has 5 rings (SSSR count). The molecule has 0 unspecified atom stereocenters. The van der Waals surface area contributed by atoms with E-state index < -0.39 is 24.4 Å². The first kappa shape index (κ1) is 24.0. The summed E-state index contributed by atoms with van der Waals surface area (Å²) >= 11 is 0. The molecular formula is C29H24N2O6. The topological polar surface area (TPSA) is 108 Å². The average Bonchev–Trinajstić information content (AvgIpc) is 3.47. The summed E-state index contributed by atoms with van der Waals surface area (Å²) in [7, 11) is 1.63. The fourth-order valence-corrected chi connectivity index (χ4v) is 4.44. The van der Waals surface area contributed by atoms with Crippen molar-refractivity contribution in [2.45, 2.75) is 19.3 Å². The molecular weight excluding hydrogens is 472 g/mol. The highest BCUT2D eigenvalue weighted by molar-refractivity contribution is 6.08. The molecule has 1 N–H and O–H groups in total. The SMILES string of the molecule is COc1ccc(/C=C2\CCCc3c2nc2ccccc2c3C(=O)OCC(=O)NC(=O)c2ccco2)cc1. The Labute approximate surface area is 212 Å². The summed E-state index contributed by atoms with van der Waals surface area (Å²) < 4.78 is 15.6. The minimum atomic E-state index is -0.748. The van der Waals surface area contributed by atoms with E-state index in [1.165, 1.54) is 18.4 Å². The first-order valence-corrected chi connectivity index (χ1v) is 11.8. The van der Waals surface area contributed by atoms with Crippen LogP contribution < -0.4 is 10.1 Å². The van der Waals surface area contributed by atoms with Crippen LogP contribution in [-0.4, -0.2) is 36.5 Å². The Bertz CT molecular complexity index is 1500. The fourth-order valence-electron chi connectivity index (χ4n) is 4.44. The quantitative estimate of drug-likeness (QED) is 0.381. The van der Waals surface area contributed by atoms with Crippen molar-refractivity contribution in [1.29, 1.82) is 0 Å². The van der Waals surface area contributed by atoms with Gasteiger partial charge in [0.25, 0.3) is 11.8 Å². The third-order valence-corrected chi connectivity index (χ3v) is 6.16. The molecule has 1 aliphatic carbocycles. The molecule has 2 amide bonds. The van der Waals surface area contributed by atoms with Crippen molar-refractivity contribution in [3.63, 3.8) is 0 Å². The highest BCUT2D eigenvalue weighted by Gasteiger charge is 2.26. The maximum Gasteiger partial charge on any atom is 0.339 e. The van der Waals surface area contributed by atoms with E-state index in [1.54, 1.807) is 7.11 Å². The number of fused-ring (bicyclic) bond motifs is 2. The maximum absolute atomic E-state index is 13.3. The number of hydrogen-bond donors (Lipinski definition) is 1. The highest BCUT2D eigenvalue weighted by Crippen LogP contribution is 2.36. The number of imide groups is 1. The first-order chi connectivity index (χ1) is 18.0. The van der Waals surface area contributed by atoms with E-state index in [9.17, 15) is 14.4 Å². The largest absolute Gasteiger partial charge is 0.497 e. The van der Waals surface area contributed by atoms with E-state index in [1.807, 2.05) is 48.5 Å². The number of benzene rings is 2. The molecule has 2 heterocycles. The second-order valence-electron chi connectivity index (χ2n) is 8.56. The lowest BCUT2D eigenvalue weighted by Gasteiger charge is -2.22. The minimum absolute atomic E-state index is 0.00921. The molecule has 186 valence electrons. The summed E-state index contributed by atoms with van der Waals surface area (Å²) in [4.78, 5) is 42.5. The van der Waals surface area contributed by atoms with Gasteiger partial charge in [0.1, 0.15) is 5.75 Å². The molecule has 0 saturated carbocycles. The molecule has 0 saturated heterocycles. The molecule has 0 radical (unpaired) electrons. The van der Waals surface area contributed by atoms with E-state index >= 15 is 0 Å². The number of amides is 2. The van der Waals surface area contributed by atoms with Crippen molar-refractivity contribution in [3.8, 4) is 5.75 Å². The molecule has 0 aliphatic heterocycles. The number of nitrogens with one attached hydrogen (secondary N) is 1. The summed E-state index contributed by atoms with van der Waals surface area (Å²) in [5.74, 6) is -1.32. The molecule has 0 fully saturated rings. The van der Waals surface area contributed by atoms with E-state index in [0.717, 1.165) is 41.0 Å². The second kappa shape index (κ2) is 10.5. The summed E-state index contributed by atoms with van der Waals surface area (Å²) in [6.45, 7) is -0.606. The fraction of sp³-hybridized carbons (Fsp3) is 0.172. The number of aromatic nitrogens is 1. The van der Waals surface area contributed by atoms with Crippen LogP contribution in [0, 0.1) is 0 Å². The molecule has 37 heavy (non-hydrogen) atoms. The van der Waals surface area contributed by atoms with Crippen LogP contribution in [-0.2, 0) is 16.0 Å². The van der Waals surface area contributed by atoms with Gasteiger partial charge in [-0.2, -0.15) is 0 Å². The lowest BCUT2D eigenvalue weighted by atomic mass is 9.86. The molecule has 1 aliphatic rings. The van der Waals surface area contributed by atoms with Crippen molar-refractivity contribution < 1.29 is 28.3 Å². The molecule has 2 aromatic heterocycles. The number of methoxy groups -OCH3 is 1. The smallest absolute Gasteiger partial charge is 0.339 e. The van der Waals surface area contributed by atoms with E-state index in [-0.39, 0.29) is 5.76 Å². The molecule has 8 heteroatoms. The van der Waals surface area contributed by atoms with E-state index in [0.29, 0.717) is 22.9 Å². The zero-order valence-corrected chi connectivity index (χ0v) is 20.2. The van der Waals surface area contributed by atoms with Gasteiger partial charge in [-0.05, 0) is 72.4 Å². The summed E-state index contributed by atoms with van der Waals surface area (Å²) in [6.07, 6.45) is 5.71. The maximum atomic E-state index is 13.3. The summed E-state index contributed by atoms with van der Waals surface area (Å²) in [5.41, 5.74) is 4.62. The zero-order chi connectivity index (χ0) is 25.8. The van der Waals surface area contributed by atoms with Crippen LogP contribution in [0.2, 0.25) is 0 Å². The third kappa shape index (κ3) is 5.13. The van der Waals surface area contributed by atoms with Crippen LogP contribution >= 0.6 is 0 Å². The molecule has 0 spiro atoms. The molecule has 8 nitrogen and oxygen atoms in total. The third-order valence-electron chi connectivity index (χ3n) is 6.16.